The third-order valence-corrected chi connectivity index (χ3v) is 3.95. The number of benzene rings is 1. The molecule has 2 rings (SSSR count). The Bertz CT molecular complexity index is 507. The maximum atomic E-state index is 6.05. The Kier molecular flexibility index (Phi) is 4.44. The molecule has 0 saturated carbocycles. The van der Waals surface area contributed by atoms with Crippen LogP contribution in [0, 0.1) is 0 Å². The molecule has 1 atom stereocenters. The zero-order chi connectivity index (χ0) is 13.0. The molecule has 1 heterocycles. The molecular formula is C14H19N3S. The highest BCUT2D eigenvalue weighted by molar-refractivity contribution is 7.99. The summed E-state index contributed by atoms with van der Waals surface area (Å²) < 4.78 is 1.82. The SMILES string of the molecule is CCC(N)Cc1ccccc1Sc1cnn(C)c1. The first-order valence-electron chi connectivity index (χ1n) is 6.19. The highest BCUT2D eigenvalue weighted by Gasteiger charge is 2.08. The van der Waals surface area contributed by atoms with E-state index < -0.39 is 0 Å². The molecule has 0 aliphatic heterocycles. The van der Waals surface area contributed by atoms with Crippen molar-refractivity contribution < 1.29 is 0 Å². The van der Waals surface area contributed by atoms with Crippen LogP contribution in [-0.2, 0) is 13.5 Å². The molecule has 0 spiro atoms. The van der Waals surface area contributed by atoms with Crippen molar-refractivity contribution in [2.24, 2.45) is 12.8 Å². The first kappa shape index (κ1) is 13.2. The number of aryl methyl sites for hydroxylation is 1. The Morgan fingerprint density at radius 1 is 1.39 bits per heavy atom. The summed E-state index contributed by atoms with van der Waals surface area (Å²) in [4.78, 5) is 2.43. The fourth-order valence-electron chi connectivity index (χ4n) is 1.78. The molecule has 2 aromatic rings. The summed E-state index contributed by atoms with van der Waals surface area (Å²) in [5, 5.41) is 4.19. The second-order valence-electron chi connectivity index (χ2n) is 4.43. The summed E-state index contributed by atoms with van der Waals surface area (Å²) in [7, 11) is 1.93. The summed E-state index contributed by atoms with van der Waals surface area (Å²) in [5.41, 5.74) is 7.37. The van der Waals surface area contributed by atoms with Crippen molar-refractivity contribution in [1.82, 2.24) is 9.78 Å². The minimum Gasteiger partial charge on any atom is -0.327 e. The molecule has 2 N–H and O–H groups in total. The van der Waals surface area contributed by atoms with E-state index in [1.165, 1.54) is 10.5 Å². The number of rotatable bonds is 5. The van der Waals surface area contributed by atoms with Crippen LogP contribution in [0.15, 0.2) is 46.5 Å². The number of hydrogen-bond donors (Lipinski definition) is 1. The summed E-state index contributed by atoms with van der Waals surface area (Å²) in [6, 6.07) is 8.69. The predicted molar refractivity (Wildman–Crippen MR) is 75.7 cm³/mol. The van der Waals surface area contributed by atoms with Gasteiger partial charge in [0.2, 0.25) is 0 Å². The molecule has 0 amide bonds. The van der Waals surface area contributed by atoms with Gasteiger partial charge in [0.05, 0.1) is 11.1 Å². The van der Waals surface area contributed by atoms with Crippen LogP contribution in [0.4, 0.5) is 0 Å². The smallest absolute Gasteiger partial charge is 0.0629 e. The fraction of sp³-hybridized carbons (Fsp3) is 0.357. The lowest BCUT2D eigenvalue weighted by Crippen LogP contribution is -2.21. The topological polar surface area (TPSA) is 43.8 Å². The van der Waals surface area contributed by atoms with Crippen molar-refractivity contribution in [3.05, 3.63) is 42.2 Å². The first-order chi connectivity index (χ1) is 8.69. The van der Waals surface area contributed by atoms with E-state index in [1.54, 1.807) is 11.8 Å². The third-order valence-electron chi connectivity index (χ3n) is 2.89. The average Bonchev–Trinajstić information content (AvgIpc) is 2.77. The molecule has 0 radical (unpaired) electrons. The second kappa shape index (κ2) is 6.07. The minimum absolute atomic E-state index is 0.237. The average molecular weight is 261 g/mol. The van der Waals surface area contributed by atoms with Gasteiger partial charge in [-0.05, 0) is 24.5 Å². The Morgan fingerprint density at radius 3 is 2.83 bits per heavy atom. The van der Waals surface area contributed by atoms with Crippen molar-refractivity contribution in [3.8, 4) is 0 Å². The summed E-state index contributed by atoms with van der Waals surface area (Å²) in [6.45, 7) is 2.13. The van der Waals surface area contributed by atoms with Crippen molar-refractivity contribution >= 4 is 11.8 Å². The van der Waals surface area contributed by atoms with Gasteiger partial charge in [-0.3, -0.25) is 4.68 Å². The van der Waals surface area contributed by atoms with Crippen molar-refractivity contribution in [2.75, 3.05) is 0 Å². The third kappa shape index (κ3) is 3.37. The van der Waals surface area contributed by atoms with E-state index in [0.717, 1.165) is 17.7 Å². The highest BCUT2D eigenvalue weighted by atomic mass is 32.2. The number of hydrogen-bond acceptors (Lipinski definition) is 3. The second-order valence-corrected chi connectivity index (χ2v) is 5.55. The Labute approximate surface area is 112 Å². The molecule has 0 fully saturated rings. The number of nitrogens with two attached hydrogens (primary N) is 1. The van der Waals surface area contributed by atoms with Crippen molar-refractivity contribution in [1.29, 1.82) is 0 Å². The molecular weight excluding hydrogens is 242 g/mol. The van der Waals surface area contributed by atoms with Gasteiger partial charge in [0.15, 0.2) is 0 Å². The lowest BCUT2D eigenvalue weighted by atomic mass is 10.1. The van der Waals surface area contributed by atoms with Gasteiger partial charge in [0, 0.05) is 24.2 Å². The van der Waals surface area contributed by atoms with Crippen LogP contribution < -0.4 is 5.73 Å². The van der Waals surface area contributed by atoms with Gasteiger partial charge in [0.1, 0.15) is 0 Å². The molecule has 0 aliphatic rings. The van der Waals surface area contributed by atoms with Crippen LogP contribution in [0.2, 0.25) is 0 Å². The van der Waals surface area contributed by atoms with Crippen molar-refractivity contribution in [2.45, 2.75) is 35.6 Å². The summed E-state index contributed by atoms with van der Waals surface area (Å²) in [6.07, 6.45) is 5.86. The van der Waals surface area contributed by atoms with Crippen LogP contribution in [0.3, 0.4) is 0 Å². The molecule has 96 valence electrons. The monoisotopic (exact) mass is 261 g/mol. The van der Waals surface area contributed by atoms with Gasteiger partial charge in [0.25, 0.3) is 0 Å². The molecule has 0 saturated heterocycles. The van der Waals surface area contributed by atoms with E-state index in [0.29, 0.717) is 0 Å². The lowest BCUT2D eigenvalue weighted by molar-refractivity contribution is 0.641. The normalized spacial score (nSPS) is 12.6. The van der Waals surface area contributed by atoms with E-state index in [4.69, 9.17) is 5.73 Å². The van der Waals surface area contributed by atoms with Crippen LogP contribution >= 0.6 is 11.8 Å². The molecule has 0 bridgehead atoms. The van der Waals surface area contributed by atoms with Gasteiger partial charge >= 0.3 is 0 Å². The quantitative estimate of drug-likeness (QED) is 0.900. The summed E-state index contributed by atoms with van der Waals surface area (Å²) >= 11 is 1.75. The van der Waals surface area contributed by atoms with Crippen LogP contribution in [0.25, 0.3) is 0 Å². The Balaban J connectivity index is 2.16. The van der Waals surface area contributed by atoms with Crippen LogP contribution in [0.1, 0.15) is 18.9 Å². The zero-order valence-electron chi connectivity index (χ0n) is 10.8. The first-order valence-corrected chi connectivity index (χ1v) is 7.00. The van der Waals surface area contributed by atoms with E-state index in [9.17, 15) is 0 Å². The van der Waals surface area contributed by atoms with E-state index in [2.05, 4.69) is 36.3 Å². The Hall–Kier alpha value is -1.26. The van der Waals surface area contributed by atoms with Crippen LogP contribution in [0.5, 0.6) is 0 Å². The standard InChI is InChI=1S/C14H19N3S/c1-3-12(15)8-11-6-4-5-7-14(11)18-13-9-16-17(2)10-13/h4-7,9-10,12H,3,8,15H2,1-2H3. The van der Waals surface area contributed by atoms with Crippen LogP contribution in [-0.4, -0.2) is 15.8 Å². The lowest BCUT2D eigenvalue weighted by Gasteiger charge is -2.12. The largest absolute Gasteiger partial charge is 0.327 e. The molecule has 1 aromatic carbocycles. The number of nitrogens with zero attached hydrogens (tertiary/aromatic N) is 2. The summed E-state index contributed by atoms with van der Waals surface area (Å²) in [5.74, 6) is 0. The molecule has 3 nitrogen and oxygen atoms in total. The maximum absolute atomic E-state index is 6.05. The maximum Gasteiger partial charge on any atom is 0.0629 e. The zero-order valence-corrected chi connectivity index (χ0v) is 11.7. The van der Waals surface area contributed by atoms with E-state index in [1.807, 2.05) is 24.1 Å². The Morgan fingerprint density at radius 2 is 2.17 bits per heavy atom. The predicted octanol–water partition coefficient (Wildman–Crippen LogP) is 2.85. The van der Waals surface area contributed by atoms with Gasteiger partial charge in [-0.15, -0.1) is 0 Å². The molecule has 18 heavy (non-hydrogen) atoms. The van der Waals surface area contributed by atoms with E-state index >= 15 is 0 Å². The molecule has 1 aromatic heterocycles. The van der Waals surface area contributed by atoms with Gasteiger partial charge in [-0.1, -0.05) is 36.9 Å². The van der Waals surface area contributed by atoms with E-state index in [-0.39, 0.29) is 6.04 Å². The van der Waals surface area contributed by atoms with Gasteiger partial charge in [-0.25, -0.2) is 0 Å². The van der Waals surface area contributed by atoms with Crippen molar-refractivity contribution in [3.63, 3.8) is 0 Å². The molecule has 1 unspecified atom stereocenters. The molecule has 4 heteroatoms. The minimum atomic E-state index is 0.237. The highest BCUT2D eigenvalue weighted by Crippen LogP contribution is 2.30. The molecule has 0 aliphatic carbocycles. The van der Waals surface area contributed by atoms with Gasteiger partial charge in [-0.2, -0.15) is 5.10 Å². The van der Waals surface area contributed by atoms with Gasteiger partial charge < -0.3 is 5.73 Å². The number of aromatic nitrogens is 2. The fourth-order valence-corrected chi connectivity index (χ4v) is 2.77.